The topological polar surface area (TPSA) is 53.4 Å². The first-order valence-corrected chi connectivity index (χ1v) is 7.73. The Balaban J connectivity index is 2.14. The van der Waals surface area contributed by atoms with Gasteiger partial charge in [-0.1, -0.05) is 6.92 Å². The number of nitrogens with zero attached hydrogens (tertiary/aromatic N) is 2. The molecule has 1 aliphatic rings. The summed E-state index contributed by atoms with van der Waals surface area (Å²) in [6, 6.07) is -0.0864. The fourth-order valence-electron chi connectivity index (χ4n) is 2.62. The molecule has 4 nitrogen and oxygen atoms in total. The molecule has 106 valence electrons. The van der Waals surface area contributed by atoms with Gasteiger partial charge < -0.3 is 10.0 Å². The Hall–Kier alpha value is -0.940. The summed E-state index contributed by atoms with van der Waals surface area (Å²) in [6.45, 7) is 6.39. The molecule has 1 unspecified atom stereocenters. The zero-order valence-corrected chi connectivity index (χ0v) is 12.7. The monoisotopic (exact) mass is 282 g/mol. The average Bonchev–Trinajstić information content (AvgIpc) is 2.95. The predicted octanol–water partition coefficient (Wildman–Crippen LogP) is 2.47. The maximum Gasteiger partial charge on any atom is 0.265 e. The summed E-state index contributed by atoms with van der Waals surface area (Å²) in [5.41, 5.74) is -0.844. The molecular formula is C14H22N2O2S. The van der Waals surface area contributed by atoms with Crippen LogP contribution in [0, 0.1) is 0 Å². The molecule has 1 aromatic heterocycles. The van der Waals surface area contributed by atoms with E-state index in [0.717, 1.165) is 37.2 Å². The largest absolute Gasteiger partial charge is 0.388 e. The molecule has 0 saturated carbocycles. The molecule has 1 N–H and O–H groups in total. The Bertz CT molecular complexity index is 451. The fraction of sp³-hybridized carbons (Fsp3) is 0.714. The van der Waals surface area contributed by atoms with E-state index in [1.807, 2.05) is 4.90 Å². The van der Waals surface area contributed by atoms with Gasteiger partial charge >= 0.3 is 0 Å². The molecule has 1 saturated heterocycles. The van der Waals surface area contributed by atoms with E-state index < -0.39 is 5.60 Å². The van der Waals surface area contributed by atoms with Crippen molar-refractivity contribution < 1.29 is 9.90 Å². The summed E-state index contributed by atoms with van der Waals surface area (Å²) >= 11 is 1.48. The molecule has 19 heavy (non-hydrogen) atoms. The van der Waals surface area contributed by atoms with Gasteiger partial charge in [0, 0.05) is 6.54 Å². The normalized spacial score (nSPS) is 20.0. The van der Waals surface area contributed by atoms with Crippen LogP contribution in [-0.2, 0) is 6.42 Å². The minimum Gasteiger partial charge on any atom is -0.388 e. The highest BCUT2D eigenvalue weighted by atomic mass is 32.1. The number of likely N-dealkylation sites (tertiary alicyclic amines) is 1. The third kappa shape index (κ3) is 3.15. The van der Waals surface area contributed by atoms with Crippen molar-refractivity contribution in [2.75, 3.05) is 6.54 Å². The number of rotatable bonds is 4. The van der Waals surface area contributed by atoms with Gasteiger partial charge in [0.15, 0.2) is 0 Å². The van der Waals surface area contributed by atoms with Crippen molar-refractivity contribution in [1.29, 1.82) is 0 Å². The van der Waals surface area contributed by atoms with Crippen LogP contribution in [0.1, 0.15) is 54.7 Å². The molecule has 2 rings (SSSR count). The predicted molar refractivity (Wildman–Crippen MR) is 76.5 cm³/mol. The van der Waals surface area contributed by atoms with Crippen molar-refractivity contribution in [3.8, 4) is 0 Å². The lowest BCUT2D eigenvalue weighted by Crippen LogP contribution is -2.48. The number of hydrogen-bond acceptors (Lipinski definition) is 4. The highest BCUT2D eigenvalue weighted by molar-refractivity contribution is 7.13. The van der Waals surface area contributed by atoms with E-state index in [-0.39, 0.29) is 11.9 Å². The third-order valence-electron chi connectivity index (χ3n) is 3.56. The number of carbonyl (C=O) groups excluding carboxylic acids is 1. The molecule has 0 radical (unpaired) electrons. The lowest BCUT2D eigenvalue weighted by molar-refractivity contribution is 0.000510. The van der Waals surface area contributed by atoms with Crippen LogP contribution >= 0.6 is 11.3 Å². The molecule has 1 fully saturated rings. The highest BCUT2D eigenvalue weighted by Gasteiger charge is 2.39. The average molecular weight is 282 g/mol. The fourth-order valence-corrected chi connectivity index (χ4v) is 3.60. The van der Waals surface area contributed by atoms with Crippen LogP contribution in [0.2, 0.25) is 0 Å². The lowest BCUT2D eigenvalue weighted by atomic mass is 9.96. The Morgan fingerprint density at radius 3 is 3.00 bits per heavy atom. The summed E-state index contributed by atoms with van der Waals surface area (Å²) < 4.78 is 0. The highest BCUT2D eigenvalue weighted by Crippen LogP contribution is 2.29. The van der Waals surface area contributed by atoms with Crippen LogP contribution in [0.3, 0.4) is 0 Å². The van der Waals surface area contributed by atoms with Crippen molar-refractivity contribution in [3.05, 3.63) is 16.1 Å². The first-order chi connectivity index (χ1) is 8.93. The van der Waals surface area contributed by atoms with Crippen LogP contribution in [0.25, 0.3) is 0 Å². The molecule has 1 aromatic rings. The smallest absolute Gasteiger partial charge is 0.265 e. The van der Waals surface area contributed by atoms with Crippen molar-refractivity contribution in [2.24, 2.45) is 0 Å². The Labute approximate surface area is 118 Å². The Morgan fingerprint density at radius 2 is 2.37 bits per heavy atom. The summed E-state index contributed by atoms with van der Waals surface area (Å²) in [6.07, 6.45) is 5.47. The van der Waals surface area contributed by atoms with E-state index >= 15 is 0 Å². The minimum absolute atomic E-state index is 0.0180. The minimum atomic E-state index is -0.844. The quantitative estimate of drug-likeness (QED) is 0.923. The van der Waals surface area contributed by atoms with E-state index in [0.29, 0.717) is 4.88 Å². The molecule has 0 aliphatic carbocycles. The van der Waals surface area contributed by atoms with Crippen molar-refractivity contribution >= 4 is 17.2 Å². The standard InChI is InChI=1S/C14H22N2O2S/c1-4-6-12-15-9-10(19-12)13(17)16-8-5-7-11(16)14(2,3)18/h9,11,18H,4-8H2,1-3H3. The molecule has 1 aliphatic heterocycles. The number of aromatic nitrogens is 1. The zero-order valence-electron chi connectivity index (χ0n) is 11.8. The summed E-state index contributed by atoms with van der Waals surface area (Å²) in [5, 5.41) is 11.2. The van der Waals surface area contributed by atoms with Crippen molar-refractivity contribution in [2.45, 2.75) is 58.1 Å². The second-order valence-electron chi connectivity index (χ2n) is 5.68. The van der Waals surface area contributed by atoms with Gasteiger partial charge in [0.25, 0.3) is 5.91 Å². The third-order valence-corrected chi connectivity index (χ3v) is 4.60. The van der Waals surface area contributed by atoms with E-state index in [9.17, 15) is 9.90 Å². The maximum atomic E-state index is 12.5. The van der Waals surface area contributed by atoms with Gasteiger partial charge in [0.05, 0.1) is 22.8 Å². The summed E-state index contributed by atoms with van der Waals surface area (Å²) in [4.78, 5) is 19.3. The molecule has 0 spiro atoms. The van der Waals surface area contributed by atoms with Crippen LogP contribution in [0.4, 0.5) is 0 Å². The molecular weight excluding hydrogens is 260 g/mol. The van der Waals surface area contributed by atoms with Crippen molar-refractivity contribution in [1.82, 2.24) is 9.88 Å². The number of carbonyl (C=O) groups is 1. The van der Waals surface area contributed by atoms with Gasteiger partial charge in [0.1, 0.15) is 4.88 Å². The van der Waals surface area contributed by atoms with Crippen LogP contribution < -0.4 is 0 Å². The van der Waals surface area contributed by atoms with Crippen LogP contribution in [-0.4, -0.2) is 39.1 Å². The Morgan fingerprint density at radius 1 is 1.63 bits per heavy atom. The first-order valence-electron chi connectivity index (χ1n) is 6.91. The maximum absolute atomic E-state index is 12.5. The van der Waals surface area contributed by atoms with E-state index in [4.69, 9.17) is 0 Å². The molecule has 5 heteroatoms. The second-order valence-corrected chi connectivity index (χ2v) is 6.79. The number of aliphatic hydroxyl groups is 1. The van der Waals surface area contributed by atoms with Gasteiger partial charge in [-0.3, -0.25) is 4.79 Å². The Kier molecular flexibility index (Phi) is 4.26. The van der Waals surface area contributed by atoms with Gasteiger partial charge in [-0.05, 0) is 39.5 Å². The van der Waals surface area contributed by atoms with Gasteiger partial charge in [-0.2, -0.15) is 0 Å². The van der Waals surface area contributed by atoms with Crippen molar-refractivity contribution in [3.63, 3.8) is 0 Å². The van der Waals surface area contributed by atoms with Crippen LogP contribution in [0.5, 0.6) is 0 Å². The number of thiazole rings is 1. The zero-order chi connectivity index (χ0) is 14.0. The number of aryl methyl sites for hydroxylation is 1. The molecule has 1 amide bonds. The van der Waals surface area contributed by atoms with Gasteiger partial charge in [-0.15, -0.1) is 11.3 Å². The molecule has 0 aromatic carbocycles. The van der Waals surface area contributed by atoms with Crippen LogP contribution in [0.15, 0.2) is 6.20 Å². The first kappa shape index (κ1) is 14.5. The number of hydrogen-bond donors (Lipinski definition) is 1. The molecule has 0 bridgehead atoms. The summed E-state index contributed by atoms with van der Waals surface area (Å²) in [5.74, 6) is 0.0180. The van der Waals surface area contributed by atoms with E-state index in [1.165, 1.54) is 11.3 Å². The van der Waals surface area contributed by atoms with Gasteiger partial charge in [0.2, 0.25) is 0 Å². The lowest BCUT2D eigenvalue weighted by Gasteiger charge is -2.33. The van der Waals surface area contributed by atoms with E-state index in [1.54, 1.807) is 20.0 Å². The summed E-state index contributed by atoms with van der Waals surface area (Å²) in [7, 11) is 0. The van der Waals surface area contributed by atoms with Gasteiger partial charge in [-0.25, -0.2) is 4.98 Å². The second kappa shape index (κ2) is 5.59. The SMILES string of the molecule is CCCc1ncc(C(=O)N2CCCC2C(C)(C)O)s1. The molecule has 2 heterocycles. The van der Waals surface area contributed by atoms with E-state index in [2.05, 4.69) is 11.9 Å². The molecule has 1 atom stereocenters. The number of amides is 1.